The lowest BCUT2D eigenvalue weighted by molar-refractivity contribution is 0.0730. The summed E-state index contributed by atoms with van der Waals surface area (Å²) in [7, 11) is 0.0900. The van der Waals surface area contributed by atoms with Gasteiger partial charge in [-0.1, -0.05) is 12.5 Å². The predicted octanol–water partition coefficient (Wildman–Crippen LogP) is 3.73. The number of nitrogens with zero attached hydrogens (tertiary/aromatic N) is 3. The lowest BCUT2D eigenvalue weighted by atomic mass is 10.1. The molecule has 1 saturated heterocycles. The number of carbonyl (C=O) groups is 1. The van der Waals surface area contributed by atoms with Gasteiger partial charge in [-0.3, -0.25) is 4.79 Å². The van der Waals surface area contributed by atoms with Crippen LogP contribution in [0.4, 0.5) is 8.78 Å². The molecule has 0 aromatic heterocycles. The SMILES string of the molecule is CC1CCCCN1S(=O)(=O)c1ccc(C(=O)N(CCN(C)C)Cc2ccc(F)cc2F)cc1. The van der Waals surface area contributed by atoms with Crippen molar-refractivity contribution in [2.75, 3.05) is 33.7 Å². The summed E-state index contributed by atoms with van der Waals surface area (Å²) >= 11 is 0. The molecule has 33 heavy (non-hydrogen) atoms. The number of benzene rings is 2. The van der Waals surface area contributed by atoms with Crippen LogP contribution in [0.5, 0.6) is 0 Å². The second-order valence-electron chi connectivity index (χ2n) is 8.75. The van der Waals surface area contributed by atoms with Gasteiger partial charge in [0, 0.05) is 49.4 Å². The van der Waals surface area contributed by atoms with Crippen molar-refractivity contribution in [3.8, 4) is 0 Å². The van der Waals surface area contributed by atoms with Crippen molar-refractivity contribution in [2.45, 2.75) is 43.7 Å². The molecule has 1 atom stereocenters. The maximum absolute atomic E-state index is 14.2. The number of likely N-dealkylation sites (N-methyl/N-ethyl adjacent to an activating group) is 1. The smallest absolute Gasteiger partial charge is 0.254 e. The summed E-state index contributed by atoms with van der Waals surface area (Å²) in [5, 5.41) is 0. The zero-order chi connectivity index (χ0) is 24.2. The van der Waals surface area contributed by atoms with Crippen LogP contribution in [0.1, 0.15) is 42.1 Å². The summed E-state index contributed by atoms with van der Waals surface area (Å²) in [5.41, 5.74) is 0.517. The van der Waals surface area contributed by atoms with E-state index in [9.17, 15) is 22.0 Å². The fourth-order valence-corrected chi connectivity index (χ4v) is 5.64. The Kier molecular flexibility index (Phi) is 8.20. The van der Waals surface area contributed by atoms with Gasteiger partial charge in [0.2, 0.25) is 10.0 Å². The van der Waals surface area contributed by atoms with E-state index in [1.807, 2.05) is 25.9 Å². The molecule has 9 heteroatoms. The molecule has 3 rings (SSSR count). The van der Waals surface area contributed by atoms with Crippen molar-refractivity contribution in [3.05, 3.63) is 65.2 Å². The number of carbonyl (C=O) groups excluding carboxylic acids is 1. The van der Waals surface area contributed by atoms with Gasteiger partial charge < -0.3 is 9.80 Å². The molecule has 6 nitrogen and oxygen atoms in total. The van der Waals surface area contributed by atoms with Crippen molar-refractivity contribution in [1.29, 1.82) is 0 Å². The Hall–Kier alpha value is -2.36. The van der Waals surface area contributed by atoms with Gasteiger partial charge in [-0.05, 0) is 64.2 Å². The molecule has 0 aliphatic carbocycles. The normalized spacial score (nSPS) is 17.3. The molecule has 1 unspecified atom stereocenters. The number of piperidine rings is 1. The van der Waals surface area contributed by atoms with Crippen LogP contribution in [0.25, 0.3) is 0 Å². The third kappa shape index (κ3) is 6.16. The molecular weight excluding hydrogens is 448 g/mol. The average molecular weight is 480 g/mol. The molecule has 1 aliphatic heterocycles. The highest BCUT2D eigenvalue weighted by Crippen LogP contribution is 2.25. The van der Waals surface area contributed by atoms with Crippen molar-refractivity contribution >= 4 is 15.9 Å². The molecule has 0 N–H and O–H groups in total. The first-order chi connectivity index (χ1) is 15.6. The monoisotopic (exact) mass is 479 g/mol. The average Bonchev–Trinajstić information content (AvgIpc) is 2.77. The van der Waals surface area contributed by atoms with Crippen molar-refractivity contribution in [1.82, 2.24) is 14.1 Å². The molecule has 0 bridgehead atoms. The molecule has 1 heterocycles. The van der Waals surface area contributed by atoms with E-state index in [2.05, 4.69) is 0 Å². The maximum atomic E-state index is 14.2. The van der Waals surface area contributed by atoms with Gasteiger partial charge in [0.1, 0.15) is 11.6 Å². The lowest BCUT2D eigenvalue weighted by Gasteiger charge is -2.32. The molecule has 2 aromatic carbocycles. The highest BCUT2D eigenvalue weighted by molar-refractivity contribution is 7.89. The summed E-state index contributed by atoms with van der Waals surface area (Å²) in [5.74, 6) is -1.74. The van der Waals surface area contributed by atoms with Crippen molar-refractivity contribution in [2.24, 2.45) is 0 Å². The van der Waals surface area contributed by atoms with E-state index in [1.54, 1.807) is 0 Å². The van der Waals surface area contributed by atoms with E-state index in [4.69, 9.17) is 0 Å². The Morgan fingerprint density at radius 1 is 1.06 bits per heavy atom. The molecule has 0 radical (unpaired) electrons. The quantitative estimate of drug-likeness (QED) is 0.579. The minimum absolute atomic E-state index is 0.0237. The van der Waals surface area contributed by atoms with E-state index < -0.39 is 21.7 Å². The van der Waals surface area contributed by atoms with Crippen LogP contribution in [0.2, 0.25) is 0 Å². The summed E-state index contributed by atoms with van der Waals surface area (Å²) in [6.45, 7) is 3.25. The Balaban J connectivity index is 1.82. The first-order valence-electron chi connectivity index (χ1n) is 11.1. The van der Waals surface area contributed by atoms with Gasteiger partial charge in [0.25, 0.3) is 5.91 Å². The Labute approximate surface area is 194 Å². The molecular formula is C24H31F2N3O3S. The number of hydrogen-bond acceptors (Lipinski definition) is 4. The Morgan fingerprint density at radius 2 is 1.76 bits per heavy atom. The summed E-state index contributed by atoms with van der Waals surface area (Å²) in [6.07, 6.45) is 2.68. The third-order valence-corrected chi connectivity index (χ3v) is 7.96. The second-order valence-corrected chi connectivity index (χ2v) is 10.6. The Morgan fingerprint density at radius 3 is 2.36 bits per heavy atom. The molecule has 0 spiro atoms. The van der Waals surface area contributed by atoms with Crippen molar-refractivity contribution in [3.63, 3.8) is 0 Å². The standard InChI is InChI=1S/C24H31F2N3O3S/c1-18-6-4-5-13-29(18)33(31,32)22-11-8-19(9-12-22)24(30)28(15-14-27(2)3)17-20-7-10-21(25)16-23(20)26/h7-12,16,18H,4-6,13-15,17H2,1-3H3. The number of sulfonamides is 1. The lowest BCUT2D eigenvalue weighted by Crippen LogP contribution is -2.41. The van der Waals surface area contributed by atoms with Crippen LogP contribution >= 0.6 is 0 Å². The van der Waals surface area contributed by atoms with Gasteiger partial charge in [0.15, 0.2) is 0 Å². The fourth-order valence-electron chi connectivity index (χ4n) is 3.94. The van der Waals surface area contributed by atoms with E-state index in [0.29, 0.717) is 25.2 Å². The number of amides is 1. The van der Waals surface area contributed by atoms with Crippen LogP contribution in [-0.2, 0) is 16.6 Å². The van der Waals surface area contributed by atoms with Crippen LogP contribution in [0, 0.1) is 11.6 Å². The van der Waals surface area contributed by atoms with Gasteiger partial charge >= 0.3 is 0 Å². The van der Waals surface area contributed by atoms with Crippen molar-refractivity contribution < 1.29 is 22.0 Å². The Bertz CT molecular complexity index is 1070. The minimum atomic E-state index is -3.64. The second kappa shape index (κ2) is 10.7. The molecule has 1 fully saturated rings. The van der Waals surface area contributed by atoms with E-state index in [0.717, 1.165) is 31.4 Å². The summed E-state index contributed by atoms with van der Waals surface area (Å²) < 4.78 is 55.1. The number of halogens is 2. The zero-order valence-corrected chi connectivity index (χ0v) is 20.1. The van der Waals surface area contributed by atoms with Crippen LogP contribution in [0.3, 0.4) is 0 Å². The third-order valence-electron chi connectivity index (χ3n) is 5.93. The van der Waals surface area contributed by atoms with Gasteiger partial charge in [0.05, 0.1) is 4.90 Å². The maximum Gasteiger partial charge on any atom is 0.254 e. The number of rotatable bonds is 8. The highest BCUT2D eigenvalue weighted by Gasteiger charge is 2.31. The molecule has 1 amide bonds. The van der Waals surface area contributed by atoms with E-state index in [1.165, 1.54) is 39.5 Å². The zero-order valence-electron chi connectivity index (χ0n) is 19.3. The van der Waals surface area contributed by atoms with Crippen LogP contribution in [-0.4, -0.2) is 68.2 Å². The fraction of sp³-hybridized carbons (Fsp3) is 0.458. The summed E-state index contributed by atoms with van der Waals surface area (Å²) in [4.78, 5) is 16.7. The van der Waals surface area contributed by atoms with E-state index in [-0.39, 0.29) is 29.0 Å². The van der Waals surface area contributed by atoms with Crippen LogP contribution in [0.15, 0.2) is 47.4 Å². The largest absolute Gasteiger partial charge is 0.333 e. The molecule has 180 valence electrons. The predicted molar refractivity (Wildman–Crippen MR) is 123 cm³/mol. The molecule has 0 saturated carbocycles. The first-order valence-corrected chi connectivity index (χ1v) is 12.5. The number of hydrogen-bond donors (Lipinski definition) is 0. The highest BCUT2D eigenvalue weighted by atomic mass is 32.2. The first kappa shape index (κ1) is 25.3. The minimum Gasteiger partial charge on any atom is -0.333 e. The van der Waals surface area contributed by atoms with Crippen LogP contribution < -0.4 is 0 Å². The molecule has 2 aromatic rings. The van der Waals surface area contributed by atoms with Gasteiger partial charge in [-0.15, -0.1) is 0 Å². The topological polar surface area (TPSA) is 60.9 Å². The van der Waals surface area contributed by atoms with Gasteiger partial charge in [-0.2, -0.15) is 4.31 Å². The molecule has 1 aliphatic rings. The van der Waals surface area contributed by atoms with Gasteiger partial charge in [-0.25, -0.2) is 17.2 Å². The summed E-state index contributed by atoms with van der Waals surface area (Å²) in [6, 6.07) is 9.12. The van der Waals surface area contributed by atoms with E-state index >= 15 is 0 Å².